The molecule has 0 radical (unpaired) electrons. The number of nitrogens with one attached hydrogen (secondary N) is 3. The maximum Gasteiger partial charge on any atom is 0.362 e. The van der Waals surface area contributed by atoms with Crippen LogP contribution >= 0.6 is 11.3 Å². The van der Waals surface area contributed by atoms with E-state index in [1.54, 1.807) is 0 Å². The number of nitrogens with two attached hydrogens (primary N) is 1. The third-order valence-electron chi connectivity index (χ3n) is 6.97. The number of β-lactam (4-membered cyclic amide) rings is 1. The van der Waals surface area contributed by atoms with Gasteiger partial charge in [0.1, 0.15) is 11.7 Å². The van der Waals surface area contributed by atoms with Crippen LogP contribution in [0.5, 0.6) is 5.75 Å². The van der Waals surface area contributed by atoms with E-state index < -0.39 is 96.6 Å². The average Bonchev–Trinajstić information content (AvgIpc) is 3.47. The van der Waals surface area contributed by atoms with Gasteiger partial charge in [-0.3, -0.25) is 23.7 Å². The van der Waals surface area contributed by atoms with Crippen LogP contribution in [0.25, 0.3) is 0 Å². The smallest absolute Gasteiger partial charge is 0.362 e. The quantitative estimate of drug-likeness (QED) is 0.0284. The molecule has 1 saturated heterocycles. The fourth-order valence-electron chi connectivity index (χ4n) is 4.21. The van der Waals surface area contributed by atoms with E-state index in [4.69, 9.17) is 10.6 Å². The molecule has 51 heavy (non-hydrogen) atoms. The zero-order valence-corrected chi connectivity index (χ0v) is 28.5. The van der Waals surface area contributed by atoms with Gasteiger partial charge in [-0.15, -0.1) is 11.3 Å². The number of rotatable bonds is 14. The summed E-state index contributed by atoms with van der Waals surface area (Å²) in [5, 5.41) is 37.8. The Kier molecular flexibility index (Phi) is 10.7. The van der Waals surface area contributed by atoms with Crippen molar-refractivity contribution in [2.75, 3.05) is 12.3 Å². The number of sulfonamides is 1. The molecule has 4 rings (SSSR count). The summed E-state index contributed by atoms with van der Waals surface area (Å²) in [6.45, 7) is 0.893. The molecule has 1 aliphatic rings. The summed E-state index contributed by atoms with van der Waals surface area (Å²) in [7, 11) is -9.88. The number of hydrogen-bond acceptors (Lipinski definition) is 16. The molecule has 25 heteroatoms. The number of benzene rings is 1. The molecule has 3 heterocycles. The Morgan fingerprint density at radius 1 is 1.16 bits per heavy atom. The van der Waals surface area contributed by atoms with Gasteiger partial charge in [0.25, 0.3) is 17.7 Å². The van der Waals surface area contributed by atoms with Gasteiger partial charge in [-0.05, 0) is 32.0 Å². The van der Waals surface area contributed by atoms with Gasteiger partial charge in [-0.2, -0.15) is 13.1 Å². The number of carbonyl (C=O) groups is 4. The molecule has 0 saturated carbocycles. The number of pyridine rings is 1. The predicted molar refractivity (Wildman–Crippen MR) is 172 cm³/mol. The van der Waals surface area contributed by atoms with E-state index in [1.165, 1.54) is 17.5 Å². The number of thiazole rings is 1. The van der Waals surface area contributed by atoms with Crippen LogP contribution in [0.4, 0.5) is 5.13 Å². The first-order chi connectivity index (χ1) is 23.6. The highest BCUT2D eigenvalue weighted by molar-refractivity contribution is 7.89. The summed E-state index contributed by atoms with van der Waals surface area (Å²) < 4.78 is 62.4. The fourth-order valence-corrected chi connectivity index (χ4v) is 6.74. The summed E-state index contributed by atoms with van der Waals surface area (Å²) in [6, 6.07) is 1.71. The molecule has 1 aromatic carbocycles. The first-order valence-corrected chi connectivity index (χ1v) is 17.7. The van der Waals surface area contributed by atoms with Gasteiger partial charge < -0.3 is 36.6 Å². The molecule has 22 nitrogen and oxygen atoms in total. The lowest BCUT2D eigenvalue weighted by atomic mass is 9.98. The van der Waals surface area contributed by atoms with Crippen molar-refractivity contribution in [1.82, 2.24) is 29.4 Å². The first-order valence-electron chi connectivity index (χ1n) is 14.0. The molecule has 9 N–H and O–H groups in total. The predicted octanol–water partition coefficient (Wildman–Crippen LogP) is -2.18. The maximum absolute atomic E-state index is 13.3. The van der Waals surface area contributed by atoms with E-state index in [0.717, 1.165) is 43.4 Å². The van der Waals surface area contributed by atoms with Crippen LogP contribution in [0.3, 0.4) is 0 Å². The van der Waals surface area contributed by atoms with Crippen molar-refractivity contribution in [3.63, 3.8) is 0 Å². The monoisotopic (exact) mass is 772 g/mol. The minimum absolute atomic E-state index is 0.0393. The molecule has 0 bridgehead atoms. The van der Waals surface area contributed by atoms with Crippen molar-refractivity contribution in [2.45, 2.75) is 43.0 Å². The zero-order chi connectivity index (χ0) is 38.1. The lowest BCUT2D eigenvalue weighted by Crippen LogP contribution is -2.74. The molecular weight excluding hydrogens is 745 g/mol. The fraction of sp³-hybridized carbons (Fsp3) is 0.269. The van der Waals surface area contributed by atoms with E-state index in [2.05, 4.69) is 20.8 Å². The van der Waals surface area contributed by atoms with Gasteiger partial charge in [0.15, 0.2) is 16.6 Å². The topological polar surface area (TPSA) is 339 Å². The number of nitrogens with zero attached hydrogens (tertiary/aromatic N) is 4. The minimum atomic E-state index is -5.28. The van der Waals surface area contributed by atoms with Crippen molar-refractivity contribution < 1.29 is 60.8 Å². The molecule has 2 atom stereocenters. The number of carboxylic acids is 1. The Hall–Kier alpha value is -5.63. The lowest BCUT2D eigenvalue weighted by molar-refractivity contribution is -0.161. The van der Waals surface area contributed by atoms with Gasteiger partial charge >= 0.3 is 16.3 Å². The van der Waals surface area contributed by atoms with E-state index in [-0.39, 0.29) is 26.4 Å². The lowest BCUT2D eigenvalue weighted by Gasteiger charge is -2.44. The number of nitrogen functional groups attached to an aromatic ring is 1. The third kappa shape index (κ3) is 8.58. The van der Waals surface area contributed by atoms with Gasteiger partial charge in [-0.1, -0.05) is 11.2 Å². The standard InChI is InChI=1S/C26H28N8O14S3/c1-26(2,24(40)41)48-32-19(15-11-49-25(27)30-15)22(38)31-20-16(34(23(20)39)51(45,46)47)9-29-50(43,44)14-5-3-4-12(6-14)21(37)28-8-13-7-17(35)18(36)10-33(13)42/h3-7,10-11,16,20,29,36,42H,8-9H2,1-2H3,(H2,27,30)(H,28,37)(H,31,38)(H,40,41)(H,45,46,47)/t16-,20+/m1/s1. The number of carboxylic acid groups (broad SMARTS) is 1. The first kappa shape index (κ1) is 38.2. The zero-order valence-electron chi connectivity index (χ0n) is 26.1. The number of anilines is 1. The van der Waals surface area contributed by atoms with E-state index in [0.29, 0.717) is 10.9 Å². The van der Waals surface area contributed by atoms with Crippen molar-refractivity contribution in [2.24, 2.45) is 5.16 Å². The van der Waals surface area contributed by atoms with Crippen LogP contribution in [-0.2, 0) is 46.1 Å². The van der Waals surface area contributed by atoms with Gasteiger partial charge in [0.2, 0.25) is 21.1 Å². The Morgan fingerprint density at radius 3 is 2.45 bits per heavy atom. The van der Waals surface area contributed by atoms with Crippen molar-refractivity contribution in [1.29, 1.82) is 0 Å². The van der Waals surface area contributed by atoms with E-state index in [1.807, 2.05) is 4.72 Å². The minimum Gasteiger partial charge on any atom is -0.503 e. The van der Waals surface area contributed by atoms with Crippen LogP contribution in [-0.4, -0.2) is 104 Å². The van der Waals surface area contributed by atoms with Crippen molar-refractivity contribution >= 4 is 66.2 Å². The van der Waals surface area contributed by atoms with Crippen LogP contribution in [0, 0.1) is 0 Å². The number of oxime groups is 1. The molecule has 2 aromatic heterocycles. The van der Waals surface area contributed by atoms with Crippen molar-refractivity contribution in [3.8, 4) is 5.75 Å². The molecule has 0 unspecified atom stereocenters. The van der Waals surface area contributed by atoms with Gasteiger partial charge in [-0.25, -0.2) is 27.2 Å². The molecule has 1 aliphatic heterocycles. The number of aliphatic carboxylic acids is 1. The second-order valence-electron chi connectivity index (χ2n) is 11.0. The summed E-state index contributed by atoms with van der Waals surface area (Å²) >= 11 is 0.862. The number of aromatic nitrogens is 2. The molecule has 3 aromatic rings. The molecular formula is C26H28N8O14S3. The van der Waals surface area contributed by atoms with Crippen LogP contribution in [0.2, 0.25) is 0 Å². The van der Waals surface area contributed by atoms with E-state index >= 15 is 0 Å². The maximum atomic E-state index is 13.3. The van der Waals surface area contributed by atoms with E-state index in [9.17, 15) is 60.8 Å². The highest BCUT2D eigenvalue weighted by Crippen LogP contribution is 2.25. The molecule has 1 fully saturated rings. The van der Waals surface area contributed by atoms with Crippen LogP contribution < -0.4 is 26.5 Å². The van der Waals surface area contributed by atoms with Gasteiger partial charge in [0.05, 0.1) is 29.4 Å². The Bertz CT molecular complexity index is 2220. The highest BCUT2D eigenvalue weighted by atomic mass is 32.2. The largest absolute Gasteiger partial charge is 0.503 e. The Balaban J connectivity index is 1.52. The summed E-state index contributed by atoms with van der Waals surface area (Å²) in [5.41, 5.74) is 1.60. The van der Waals surface area contributed by atoms with Crippen LogP contribution in [0.1, 0.15) is 35.6 Å². The second-order valence-corrected chi connectivity index (χ2v) is 14.9. The normalized spacial score (nSPS) is 16.6. The Labute approximate surface area is 291 Å². The number of amides is 3. The average molecular weight is 773 g/mol. The summed E-state index contributed by atoms with van der Waals surface area (Å²) in [5.74, 6) is -5.68. The highest BCUT2D eigenvalue weighted by Gasteiger charge is 2.54. The molecule has 0 aliphatic carbocycles. The van der Waals surface area contributed by atoms with Gasteiger partial charge in [0, 0.05) is 23.6 Å². The number of aromatic hydroxyl groups is 1. The summed E-state index contributed by atoms with van der Waals surface area (Å²) in [6.07, 6.45) is 0.707. The third-order valence-corrected chi connectivity index (χ3v) is 10.0. The molecule has 274 valence electrons. The van der Waals surface area contributed by atoms with Crippen molar-refractivity contribution in [3.05, 3.63) is 69.1 Å². The number of hydrogen-bond donors (Lipinski definition) is 8. The number of carbonyl (C=O) groups excluding carboxylic acids is 3. The van der Waals surface area contributed by atoms with Crippen LogP contribution in [0.15, 0.2) is 56.8 Å². The SMILES string of the molecule is CC(C)(ON=C(C(=O)N[C@@H]1C(=O)N(S(=O)(=O)O)[C@@H]1CNS(=O)(=O)c1cccc(C(=O)NCc2cc(=O)c(O)cn2O)c1)c1csc(N)n1)C(=O)O. The second kappa shape index (κ2) is 14.3. The molecule has 0 spiro atoms. The molecule has 3 amide bonds. The Morgan fingerprint density at radius 2 is 1.84 bits per heavy atom. The summed E-state index contributed by atoms with van der Waals surface area (Å²) in [4.78, 5) is 70.2.